The first-order chi connectivity index (χ1) is 11.5. The fourth-order valence-corrected chi connectivity index (χ4v) is 2.91. The zero-order valence-corrected chi connectivity index (χ0v) is 15.8. The number of carbonyl (C=O) groups is 1. The van der Waals surface area contributed by atoms with E-state index in [1.54, 1.807) is 24.3 Å². The number of aromatic hydroxyl groups is 1. The lowest BCUT2D eigenvalue weighted by Crippen LogP contribution is -2.24. The van der Waals surface area contributed by atoms with E-state index in [4.69, 9.17) is 9.47 Å². The van der Waals surface area contributed by atoms with Crippen LogP contribution in [0.15, 0.2) is 50.4 Å². The van der Waals surface area contributed by atoms with Crippen molar-refractivity contribution in [2.75, 3.05) is 13.7 Å². The third-order valence-corrected chi connectivity index (χ3v) is 4.01. The average Bonchev–Trinajstić information content (AvgIpc) is 2.55. The van der Waals surface area contributed by atoms with E-state index in [0.29, 0.717) is 17.1 Å². The summed E-state index contributed by atoms with van der Waals surface area (Å²) in [6, 6.07) is 10.3. The minimum atomic E-state index is -0.427. The van der Waals surface area contributed by atoms with Crippen molar-refractivity contribution < 1.29 is 19.4 Å². The van der Waals surface area contributed by atoms with Crippen molar-refractivity contribution in [1.29, 1.82) is 0 Å². The van der Waals surface area contributed by atoms with Crippen molar-refractivity contribution in [2.45, 2.75) is 0 Å². The number of hydrazone groups is 1. The van der Waals surface area contributed by atoms with E-state index in [-0.39, 0.29) is 12.4 Å². The van der Waals surface area contributed by atoms with E-state index in [2.05, 4.69) is 42.4 Å². The number of amides is 1. The Hall–Kier alpha value is -2.06. The van der Waals surface area contributed by atoms with Gasteiger partial charge in [0.05, 0.1) is 17.8 Å². The molecule has 0 aromatic heterocycles. The van der Waals surface area contributed by atoms with Crippen LogP contribution in [0.3, 0.4) is 0 Å². The van der Waals surface area contributed by atoms with Crippen molar-refractivity contribution in [3.05, 3.63) is 50.9 Å². The van der Waals surface area contributed by atoms with Gasteiger partial charge in [-0.2, -0.15) is 5.10 Å². The number of rotatable bonds is 6. The van der Waals surface area contributed by atoms with Gasteiger partial charge in [-0.05, 0) is 46.3 Å². The van der Waals surface area contributed by atoms with Gasteiger partial charge in [0.1, 0.15) is 5.75 Å². The number of para-hydroxylation sites is 1. The molecule has 0 saturated heterocycles. The monoisotopic (exact) mass is 456 g/mol. The number of hydrogen-bond acceptors (Lipinski definition) is 5. The molecule has 1 amide bonds. The molecule has 6 nitrogen and oxygen atoms in total. The van der Waals surface area contributed by atoms with Crippen LogP contribution in [0.1, 0.15) is 5.56 Å². The van der Waals surface area contributed by atoms with Gasteiger partial charge in [0.2, 0.25) is 0 Å². The summed E-state index contributed by atoms with van der Waals surface area (Å²) in [5.74, 6) is 0.396. The molecule has 0 unspecified atom stereocenters. The van der Waals surface area contributed by atoms with Crippen LogP contribution in [-0.2, 0) is 4.79 Å². The van der Waals surface area contributed by atoms with Gasteiger partial charge in [0.15, 0.2) is 18.1 Å². The maximum absolute atomic E-state index is 11.7. The number of halogens is 2. The van der Waals surface area contributed by atoms with Crippen molar-refractivity contribution in [3.8, 4) is 17.2 Å². The summed E-state index contributed by atoms with van der Waals surface area (Å²) in [7, 11) is 1.45. The number of carbonyl (C=O) groups excluding carboxylic acids is 1. The zero-order chi connectivity index (χ0) is 17.5. The zero-order valence-electron chi connectivity index (χ0n) is 12.6. The van der Waals surface area contributed by atoms with E-state index in [1.165, 1.54) is 13.3 Å². The average molecular weight is 458 g/mol. The summed E-state index contributed by atoms with van der Waals surface area (Å²) < 4.78 is 12.0. The predicted octanol–water partition coefficient (Wildman–Crippen LogP) is 3.45. The Balaban J connectivity index is 1.89. The van der Waals surface area contributed by atoms with Crippen molar-refractivity contribution >= 4 is 44.0 Å². The van der Waals surface area contributed by atoms with Crippen LogP contribution in [-0.4, -0.2) is 30.9 Å². The summed E-state index contributed by atoms with van der Waals surface area (Å²) in [6.07, 6.45) is 1.32. The molecule has 0 bridgehead atoms. The molecular weight excluding hydrogens is 444 g/mol. The Bertz CT molecular complexity index is 766. The minimum Gasteiger partial charge on any atom is -0.504 e. The van der Waals surface area contributed by atoms with E-state index in [9.17, 15) is 9.90 Å². The number of ether oxygens (including phenoxy) is 2. The molecule has 0 aliphatic carbocycles. The first-order valence-electron chi connectivity index (χ1n) is 6.77. The molecule has 0 aliphatic rings. The van der Waals surface area contributed by atoms with Gasteiger partial charge in [-0.25, -0.2) is 5.43 Å². The summed E-state index contributed by atoms with van der Waals surface area (Å²) in [5, 5.41) is 13.7. The maximum Gasteiger partial charge on any atom is 0.277 e. The number of nitrogens with one attached hydrogen (secondary N) is 1. The molecule has 2 aromatic rings. The maximum atomic E-state index is 11.7. The third-order valence-electron chi connectivity index (χ3n) is 2.90. The molecule has 0 spiro atoms. The minimum absolute atomic E-state index is 0.0481. The van der Waals surface area contributed by atoms with Gasteiger partial charge < -0.3 is 14.6 Å². The molecule has 2 aromatic carbocycles. The molecule has 126 valence electrons. The first kappa shape index (κ1) is 18.3. The molecule has 8 heteroatoms. The summed E-state index contributed by atoms with van der Waals surface area (Å²) in [6.45, 7) is -0.193. The predicted molar refractivity (Wildman–Crippen MR) is 97.7 cm³/mol. The van der Waals surface area contributed by atoms with Gasteiger partial charge in [-0.3, -0.25) is 4.79 Å². The number of phenols is 1. The summed E-state index contributed by atoms with van der Waals surface area (Å²) in [5.41, 5.74) is 2.75. The standard InChI is InChI=1S/C16H14Br2N2O4/c1-23-14-4-2-3-10(16(14)22)8-19-20-15(21)9-24-13-6-5-11(17)7-12(13)18/h2-8,22H,9H2,1H3,(H,20,21)/b19-8+. The first-order valence-corrected chi connectivity index (χ1v) is 8.35. The fraction of sp³-hybridized carbons (Fsp3) is 0.125. The van der Waals surface area contributed by atoms with Crippen LogP contribution in [0.2, 0.25) is 0 Å². The second-order valence-corrected chi connectivity index (χ2v) is 6.32. The van der Waals surface area contributed by atoms with Crippen LogP contribution < -0.4 is 14.9 Å². The van der Waals surface area contributed by atoms with Crippen LogP contribution in [0, 0.1) is 0 Å². The summed E-state index contributed by atoms with van der Waals surface area (Å²) >= 11 is 6.68. The lowest BCUT2D eigenvalue weighted by atomic mass is 10.2. The van der Waals surface area contributed by atoms with Gasteiger partial charge in [-0.1, -0.05) is 22.0 Å². The Kier molecular flexibility index (Phi) is 6.62. The van der Waals surface area contributed by atoms with E-state index in [1.807, 2.05) is 12.1 Å². The molecule has 0 heterocycles. The third kappa shape index (κ3) is 4.97. The molecule has 0 saturated carbocycles. The van der Waals surface area contributed by atoms with E-state index < -0.39 is 5.91 Å². The highest BCUT2D eigenvalue weighted by Crippen LogP contribution is 2.28. The van der Waals surface area contributed by atoms with Gasteiger partial charge in [0, 0.05) is 10.0 Å². The van der Waals surface area contributed by atoms with Crippen LogP contribution in [0.25, 0.3) is 0 Å². The molecule has 0 atom stereocenters. The van der Waals surface area contributed by atoms with Crippen LogP contribution in [0.5, 0.6) is 17.2 Å². The van der Waals surface area contributed by atoms with Gasteiger partial charge in [-0.15, -0.1) is 0 Å². The largest absolute Gasteiger partial charge is 0.504 e. The molecule has 0 aliphatic heterocycles. The quantitative estimate of drug-likeness (QED) is 0.514. The van der Waals surface area contributed by atoms with E-state index in [0.717, 1.165) is 8.95 Å². The van der Waals surface area contributed by atoms with Crippen LogP contribution >= 0.6 is 31.9 Å². The van der Waals surface area contributed by atoms with E-state index >= 15 is 0 Å². The highest BCUT2D eigenvalue weighted by Gasteiger charge is 2.07. The molecule has 2 N–H and O–H groups in total. The Morgan fingerprint density at radius 3 is 2.79 bits per heavy atom. The van der Waals surface area contributed by atoms with Crippen molar-refractivity contribution in [1.82, 2.24) is 5.43 Å². The molecule has 2 rings (SSSR count). The Labute approximate surface area is 155 Å². The number of benzene rings is 2. The Morgan fingerprint density at radius 1 is 1.29 bits per heavy atom. The smallest absolute Gasteiger partial charge is 0.277 e. The number of hydrogen-bond donors (Lipinski definition) is 2. The van der Waals surface area contributed by atoms with Crippen LogP contribution in [0.4, 0.5) is 0 Å². The number of phenolic OH excluding ortho intramolecular Hbond substituents is 1. The highest BCUT2D eigenvalue weighted by molar-refractivity contribution is 9.11. The summed E-state index contributed by atoms with van der Waals surface area (Å²) in [4.78, 5) is 11.7. The number of methoxy groups -OCH3 is 1. The molecule has 24 heavy (non-hydrogen) atoms. The van der Waals surface area contributed by atoms with Crippen molar-refractivity contribution in [2.24, 2.45) is 5.10 Å². The number of nitrogens with zero attached hydrogens (tertiary/aromatic N) is 1. The highest BCUT2D eigenvalue weighted by atomic mass is 79.9. The SMILES string of the molecule is COc1cccc(/C=N/NC(=O)COc2ccc(Br)cc2Br)c1O. The van der Waals surface area contributed by atoms with Gasteiger partial charge in [0.25, 0.3) is 5.91 Å². The lowest BCUT2D eigenvalue weighted by Gasteiger charge is -2.07. The second-order valence-electron chi connectivity index (χ2n) is 4.55. The van der Waals surface area contributed by atoms with Crippen molar-refractivity contribution in [3.63, 3.8) is 0 Å². The molecular formula is C16H14Br2N2O4. The second kappa shape index (κ2) is 8.70. The normalized spacial score (nSPS) is 10.6. The van der Waals surface area contributed by atoms with Gasteiger partial charge >= 0.3 is 0 Å². The lowest BCUT2D eigenvalue weighted by molar-refractivity contribution is -0.123. The Morgan fingerprint density at radius 2 is 2.08 bits per heavy atom. The fourth-order valence-electron chi connectivity index (χ4n) is 1.75. The molecule has 0 fully saturated rings. The molecule has 0 radical (unpaired) electrons. The topological polar surface area (TPSA) is 80.2 Å².